The minimum atomic E-state index is -0.419. The smallest absolute Gasteiger partial charge is 0.311 e. The fourth-order valence-corrected chi connectivity index (χ4v) is 6.82. The van der Waals surface area contributed by atoms with Gasteiger partial charge in [0.1, 0.15) is 0 Å². The number of hydrogen-bond donors (Lipinski definition) is 1. The van der Waals surface area contributed by atoms with Crippen molar-refractivity contribution < 1.29 is 24.2 Å². The van der Waals surface area contributed by atoms with Crippen LogP contribution in [0.1, 0.15) is 214 Å². The van der Waals surface area contributed by atoms with Crippen molar-refractivity contribution in [3.05, 3.63) is 0 Å². The first-order valence-corrected chi connectivity index (χ1v) is 21.5. The molecule has 49 heavy (non-hydrogen) atoms. The Morgan fingerprint density at radius 1 is 0.551 bits per heavy atom. The van der Waals surface area contributed by atoms with E-state index in [1.807, 2.05) is 13.8 Å². The number of aliphatic hydroxyl groups is 1. The fourth-order valence-electron chi connectivity index (χ4n) is 6.82. The van der Waals surface area contributed by atoms with Crippen LogP contribution in [0.5, 0.6) is 0 Å². The Labute approximate surface area is 305 Å². The third kappa shape index (κ3) is 31.3. The van der Waals surface area contributed by atoms with E-state index in [1.165, 1.54) is 103 Å². The van der Waals surface area contributed by atoms with Gasteiger partial charge in [-0.25, -0.2) is 0 Å². The van der Waals surface area contributed by atoms with Gasteiger partial charge in [0, 0.05) is 13.0 Å². The average molecular weight is 696 g/mol. The Bertz CT molecular complexity index is 717. The molecule has 0 unspecified atom stereocenters. The van der Waals surface area contributed by atoms with Gasteiger partial charge in [0.2, 0.25) is 0 Å². The molecule has 1 N–H and O–H groups in total. The second-order valence-corrected chi connectivity index (χ2v) is 15.6. The van der Waals surface area contributed by atoms with Crippen molar-refractivity contribution in [3.63, 3.8) is 0 Å². The van der Waals surface area contributed by atoms with Crippen molar-refractivity contribution in [1.82, 2.24) is 4.90 Å². The lowest BCUT2D eigenvalue weighted by atomic mass is 9.87. The Kier molecular flexibility index (Phi) is 34.5. The van der Waals surface area contributed by atoms with E-state index in [0.717, 1.165) is 96.2 Å². The second kappa shape index (κ2) is 35.3. The first kappa shape index (κ1) is 47.9. The largest absolute Gasteiger partial charge is 0.466 e. The molecule has 0 heterocycles. The average Bonchev–Trinajstić information content (AvgIpc) is 3.08. The Balaban J connectivity index is 3.94. The molecule has 0 radical (unpaired) electrons. The molecule has 0 spiro atoms. The van der Waals surface area contributed by atoms with Crippen LogP contribution in [-0.2, 0) is 19.1 Å². The molecule has 0 aliphatic carbocycles. The third-order valence-electron chi connectivity index (χ3n) is 10.3. The summed E-state index contributed by atoms with van der Waals surface area (Å²) in [5.74, 6) is 0.721. The first-order valence-electron chi connectivity index (χ1n) is 21.5. The molecule has 0 amide bonds. The lowest BCUT2D eigenvalue weighted by Gasteiger charge is -2.23. The van der Waals surface area contributed by atoms with Crippen LogP contribution in [0.3, 0.4) is 0 Å². The van der Waals surface area contributed by atoms with Gasteiger partial charge in [0.25, 0.3) is 0 Å². The van der Waals surface area contributed by atoms with Crippen LogP contribution in [-0.4, -0.2) is 61.4 Å². The zero-order valence-corrected chi connectivity index (χ0v) is 33.6. The minimum absolute atomic E-state index is 0.0335. The summed E-state index contributed by atoms with van der Waals surface area (Å²) in [6.45, 7) is 15.0. The lowest BCUT2D eigenvalue weighted by Crippen LogP contribution is -2.29. The quantitative estimate of drug-likeness (QED) is 0.0512. The number of unbranched alkanes of at least 4 members (excludes halogenated alkanes) is 17. The van der Waals surface area contributed by atoms with Gasteiger partial charge >= 0.3 is 11.9 Å². The summed E-state index contributed by atoms with van der Waals surface area (Å²) in [5, 5.41) is 9.54. The highest BCUT2D eigenvalue weighted by molar-refractivity contribution is 5.75. The standard InChI is InChI=1S/C43H85NO5/c1-6-9-12-13-14-20-27-38-48-41(46)32-23-16-15-18-25-34-44(36-37-45)35-26-19-17-24-33-43(4,5)42(47)49-39-28-31-40(29-21-10-7-2)30-22-11-8-3/h40,45H,6-39H2,1-5H3. The van der Waals surface area contributed by atoms with Gasteiger partial charge in [-0.3, -0.25) is 9.59 Å². The van der Waals surface area contributed by atoms with Gasteiger partial charge in [-0.05, 0) is 77.8 Å². The summed E-state index contributed by atoms with van der Waals surface area (Å²) in [6, 6.07) is 0. The van der Waals surface area contributed by atoms with Gasteiger partial charge in [-0.15, -0.1) is 0 Å². The van der Waals surface area contributed by atoms with E-state index >= 15 is 0 Å². The molecule has 0 atom stereocenters. The molecular weight excluding hydrogens is 610 g/mol. The molecule has 0 aromatic rings. The Morgan fingerprint density at radius 2 is 1.02 bits per heavy atom. The number of ether oxygens (including phenoxy) is 2. The molecule has 6 nitrogen and oxygen atoms in total. The van der Waals surface area contributed by atoms with E-state index < -0.39 is 5.41 Å². The zero-order valence-electron chi connectivity index (χ0n) is 33.6. The fraction of sp³-hybridized carbons (Fsp3) is 0.953. The monoisotopic (exact) mass is 696 g/mol. The molecule has 0 saturated carbocycles. The third-order valence-corrected chi connectivity index (χ3v) is 10.3. The number of hydrogen-bond acceptors (Lipinski definition) is 6. The van der Waals surface area contributed by atoms with Gasteiger partial charge < -0.3 is 19.5 Å². The highest BCUT2D eigenvalue weighted by Crippen LogP contribution is 2.27. The van der Waals surface area contributed by atoms with Crippen molar-refractivity contribution >= 4 is 11.9 Å². The summed E-state index contributed by atoms with van der Waals surface area (Å²) >= 11 is 0. The van der Waals surface area contributed by atoms with E-state index in [2.05, 4.69) is 25.7 Å². The topological polar surface area (TPSA) is 76.1 Å². The predicted molar refractivity (Wildman–Crippen MR) is 209 cm³/mol. The van der Waals surface area contributed by atoms with E-state index in [-0.39, 0.29) is 18.5 Å². The van der Waals surface area contributed by atoms with Crippen LogP contribution in [0.2, 0.25) is 0 Å². The van der Waals surface area contributed by atoms with Crippen molar-refractivity contribution in [1.29, 1.82) is 0 Å². The number of carbonyl (C=O) groups is 2. The predicted octanol–water partition coefficient (Wildman–Crippen LogP) is 12.0. The summed E-state index contributed by atoms with van der Waals surface area (Å²) in [6.07, 6.45) is 32.7. The summed E-state index contributed by atoms with van der Waals surface area (Å²) in [7, 11) is 0. The van der Waals surface area contributed by atoms with Crippen molar-refractivity contribution in [2.75, 3.05) is 39.5 Å². The zero-order chi connectivity index (χ0) is 36.3. The minimum Gasteiger partial charge on any atom is -0.466 e. The van der Waals surface area contributed by atoms with Gasteiger partial charge in [0.15, 0.2) is 0 Å². The van der Waals surface area contributed by atoms with Gasteiger partial charge in [-0.1, -0.05) is 149 Å². The molecule has 0 aromatic heterocycles. The van der Waals surface area contributed by atoms with Crippen LogP contribution < -0.4 is 0 Å². The van der Waals surface area contributed by atoms with Gasteiger partial charge in [0.05, 0.1) is 25.2 Å². The van der Waals surface area contributed by atoms with Gasteiger partial charge in [-0.2, -0.15) is 0 Å². The van der Waals surface area contributed by atoms with Crippen LogP contribution in [0.25, 0.3) is 0 Å². The molecule has 292 valence electrons. The first-order chi connectivity index (χ1) is 23.8. The molecular formula is C43H85NO5. The highest BCUT2D eigenvalue weighted by Gasteiger charge is 2.28. The number of carbonyl (C=O) groups excluding carboxylic acids is 2. The molecule has 0 aromatic carbocycles. The summed E-state index contributed by atoms with van der Waals surface area (Å²) in [4.78, 5) is 27.2. The summed E-state index contributed by atoms with van der Waals surface area (Å²) in [5.41, 5.74) is -0.419. The summed E-state index contributed by atoms with van der Waals surface area (Å²) < 4.78 is 11.2. The molecule has 0 aliphatic heterocycles. The molecule has 0 aliphatic rings. The number of esters is 2. The van der Waals surface area contributed by atoms with Crippen molar-refractivity contribution in [2.24, 2.45) is 11.3 Å². The van der Waals surface area contributed by atoms with Crippen LogP contribution >= 0.6 is 0 Å². The van der Waals surface area contributed by atoms with Crippen LogP contribution in [0, 0.1) is 11.3 Å². The van der Waals surface area contributed by atoms with E-state index in [4.69, 9.17) is 9.47 Å². The SMILES string of the molecule is CCCCCCCCCOC(=O)CCCCCCCN(CCO)CCCCCCC(C)(C)C(=O)OCCCC(CCCCC)CCCCC. The molecule has 0 rings (SSSR count). The second-order valence-electron chi connectivity index (χ2n) is 15.6. The maximum Gasteiger partial charge on any atom is 0.311 e. The maximum absolute atomic E-state index is 12.8. The number of nitrogens with zero attached hydrogens (tertiary/aromatic N) is 1. The van der Waals surface area contributed by atoms with Crippen LogP contribution in [0.4, 0.5) is 0 Å². The highest BCUT2D eigenvalue weighted by atomic mass is 16.5. The lowest BCUT2D eigenvalue weighted by molar-refractivity contribution is -0.154. The molecule has 0 fully saturated rings. The molecule has 6 heteroatoms. The maximum atomic E-state index is 12.8. The van der Waals surface area contributed by atoms with E-state index in [9.17, 15) is 14.7 Å². The molecule has 0 bridgehead atoms. The van der Waals surface area contributed by atoms with Crippen LogP contribution in [0.15, 0.2) is 0 Å². The van der Waals surface area contributed by atoms with Crippen molar-refractivity contribution in [3.8, 4) is 0 Å². The van der Waals surface area contributed by atoms with E-state index in [1.54, 1.807) is 0 Å². The van der Waals surface area contributed by atoms with E-state index in [0.29, 0.717) is 19.6 Å². The molecule has 0 saturated heterocycles. The Hall–Kier alpha value is -1.14. The number of rotatable bonds is 38. The van der Waals surface area contributed by atoms with Crippen molar-refractivity contribution in [2.45, 2.75) is 214 Å². The normalized spacial score (nSPS) is 11.9. The Morgan fingerprint density at radius 3 is 1.61 bits per heavy atom. The number of aliphatic hydroxyl groups excluding tert-OH is 1.